The fourth-order valence-corrected chi connectivity index (χ4v) is 2.85. The van der Waals surface area contributed by atoms with Gasteiger partial charge in [0.25, 0.3) is 0 Å². The molecule has 1 aromatic carbocycles. The zero-order valence-electron chi connectivity index (χ0n) is 11.2. The van der Waals surface area contributed by atoms with E-state index in [4.69, 9.17) is 4.74 Å². The minimum absolute atomic E-state index is 0.194. The Morgan fingerprint density at radius 2 is 2.32 bits per heavy atom. The highest BCUT2D eigenvalue weighted by Gasteiger charge is 2.22. The summed E-state index contributed by atoms with van der Waals surface area (Å²) in [4.78, 5) is 2.35. The van der Waals surface area contributed by atoms with E-state index < -0.39 is 0 Å². The van der Waals surface area contributed by atoms with Gasteiger partial charge in [0.05, 0.1) is 13.2 Å². The average molecular weight is 331 g/mol. The van der Waals surface area contributed by atoms with Gasteiger partial charge in [-0.1, -0.05) is 22.9 Å². The van der Waals surface area contributed by atoms with E-state index in [2.05, 4.69) is 33.1 Å². The van der Waals surface area contributed by atoms with Crippen molar-refractivity contribution in [2.75, 3.05) is 32.8 Å². The Morgan fingerprint density at radius 3 is 3.05 bits per heavy atom. The Balaban J connectivity index is 2.01. The molecule has 1 aliphatic heterocycles. The maximum atomic E-state index is 13.4. The minimum atomic E-state index is -0.194. The molecule has 1 atom stereocenters. The number of hydrogen-bond donors (Lipinski definition) is 1. The second-order valence-corrected chi connectivity index (χ2v) is 5.70. The number of benzene rings is 1. The van der Waals surface area contributed by atoms with Crippen molar-refractivity contribution in [1.29, 1.82) is 0 Å². The van der Waals surface area contributed by atoms with Crippen LogP contribution in [0.5, 0.6) is 0 Å². The number of nitrogens with zero attached hydrogens (tertiary/aromatic N) is 1. The molecule has 1 aromatic rings. The van der Waals surface area contributed by atoms with Crippen LogP contribution in [0.2, 0.25) is 0 Å². The highest BCUT2D eigenvalue weighted by molar-refractivity contribution is 9.10. The quantitative estimate of drug-likeness (QED) is 0.897. The van der Waals surface area contributed by atoms with Gasteiger partial charge in [0.15, 0.2) is 0 Å². The Kier molecular flexibility index (Phi) is 5.76. The van der Waals surface area contributed by atoms with Gasteiger partial charge in [0.1, 0.15) is 5.82 Å². The van der Waals surface area contributed by atoms with Gasteiger partial charge in [-0.25, -0.2) is 4.39 Å². The van der Waals surface area contributed by atoms with E-state index in [0.29, 0.717) is 6.04 Å². The summed E-state index contributed by atoms with van der Waals surface area (Å²) in [6, 6.07) is 5.42. The number of likely N-dealkylation sites (N-methyl/N-ethyl adjacent to an activating group) is 1. The van der Waals surface area contributed by atoms with Crippen molar-refractivity contribution >= 4 is 15.9 Å². The molecule has 1 fully saturated rings. The molecule has 0 radical (unpaired) electrons. The summed E-state index contributed by atoms with van der Waals surface area (Å²) in [5.41, 5.74) is 0.996. The third-order valence-electron chi connectivity index (χ3n) is 3.29. The maximum Gasteiger partial charge on any atom is 0.124 e. The van der Waals surface area contributed by atoms with E-state index in [1.54, 1.807) is 6.07 Å². The molecule has 1 saturated heterocycles. The van der Waals surface area contributed by atoms with E-state index >= 15 is 0 Å². The van der Waals surface area contributed by atoms with Crippen LogP contribution in [0.15, 0.2) is 22.7 Å². The van der Waals surface area contributed by atoms with Crippen LogP contribution < -0.4 is 5.32 Å². The van der Waals surface area contributed by atoms with E-state index in [1.807, 2.05) is 6.07 Å². The first kappa shape index (κ1) is 14.9. The fraction of sp³-hybridized carbons (Fsp3) is 0.571. The van der Waals surface area contributed by atoms with Gasteiger partial charge in [0, 0.05) is 30.1 Å². The maximum absolute atomic E-state index is 13.4. The first-order chi connectivity index (χ1) is 9.19. The zero-order valence-corrected chi connectivity index (χ0v) is 12.7. The Hall–Kier alpha value is -0.490. The van der Waals surface area contributed by atoms with Crippen LogP contribution in [0, 0.1) is 5.82 Å². The molecule has 0 bridgehead atoms. The lowest BCUT2D eigenvalue weighted by Gasteiger charge is -2.35. The van der Waals surface area contributed by atoms with E-state index in [0.717, 1.165) is 49.4 Å². The Morgan fingerprint density at radius 1 is 1.47 bits per heavy atom. The number of morpholine rings is 1. The Bertz CT molecular complexity index is 396. The molecule has 3 nitrogen and oxygen atoms in total. The zero-order chi connectivity index (χ0) is 13.7. The van der Waals surface area contributed by atoms with Gasteiger partial charge in [-0.2, -0.15) is 0 Å². The van der Waals surface area contributed by atoms with Crippen molar-refractivity contribution in [3.63, 3.8) is 0 Å². The van der Waals surface area contributed by atoms with Crippen LogP contribution in [-0.2, 0) is 11.3 Å². The first-order valence-corrected chi connectivity index (χ1v) is 7.46. The highest BCUT2D eigenvalue weighted by atomic mass is 79.9. The lowest BCUT2D eigenvalue weighted by atomic mass is 10.1. The second kappa shape index (κ2) is 7.33. The number of rotatable bonds is 5. The molecule has 2 rings (SSSR count). The molecular formula is C14H20BrFN2O. The van der Waals surface area contributed by atoms with Crippen LogP contribution in [0.3, 0.4) is 0 Å². The van der Waals surface area contributed by atoms with E-state index in [9.17, 15) is 4.39 Å². The van der Waals surface area contributed by atoms with Crippen LogP contribution in [0.1, 0.15) is 12.5 Å². The van der Waals surface area contributed by atoms with Gasteiger partial charge in [0.2, 0.25) is 0 Å². The smallest absolute Gasteiger partial charge is 0.124 e. The van der Waals surface area contributed by atoms with Crippen LogP contribution in [0.25, 0.3) is 0 Å². The van der Waals surface area contributed by atoms with Crippen molar-refractivity contribution < 1.29 is 9.13 Å². The molecule has 0 spiro atoms. The number of halogens is 2. The predicted molar refractivity (Wildman–Crippen MR) is 77.7 cm³/mol. The third-order valence-corrected chi connectivity index (χ3v) is 3.75. The van der Waals surface area contributed by atoms with Gasteiger partial charge in [-0.3, -0.25) is 4.90 Å². The molecule has 1 heterocycles. The predicted octanol–water partition coefficient (Wildman–Crippen LogP) is 2.40. The molecule has 5 heteroatoms. The van der Waals surface area contributed by atoms with Gasteiger partial charge in [-0.05, 0) is 30.3 Å². The highest BCUT2D eigenvalue weighted by Crippen LogP contribution is 2.18. The van der Waals surface area contributed by atoms with E-state index in [-0.39, 0.29) is 5.82 Å². The summed E-state index contributed by atoms with van der Waals surface area (Å²) < 4.78 is 19.7. The fourth-order valence-electron chi connectivity index (χ4n) is 2.33. The molecule has 0 saturated carbocycles. The molecule has 19 heavy (non-hydrogen) atoms. The van der Waals surface area contributed by atoms with Gasteiger partial charge >= 0.3 is 0 Å². The molecule has 1 aliphatic rings. The SMILES string of the molecule is CCNCC1COCCN1Cc1cc(F)cc(Br)c1. The van der Waals surface area contributed by atoms with Crippen molar-refractivity contribution in [2.24, 2.45) is 0 Å². The summed E-state index contributed by atoms with van der Waals surface area (Å²) in [7, 11) is 0. The summed E-state index contributed by atoms with van der Waals surface area (Å²) in [6.45, 7) is 7.10. The van der Waals surface area contributed by atoms with Crippen molar-refractivity contribution in [3.8, 4) is 0 Å². The first-order valence-electron chi connectivity index (χ1n) is 6.66. The average Bonchev–Trinajstić information content (AvgIpc) is 2.36. The Labute approximate surface area is 122 Å². The molecular weight excluding hydrogens is 311 g/mol. The van der Waals surface area contributed by atoms with Crippen molar-refractivity contribution in [3.05, 3.63) is 34.1 Å². The van der Waals surface area contributed by atoms with Crippen molar-refractivity contribution in [2.45, 2.75) is 19.5 Å². The molecule has 1 N–H and O–H groups in total. The lowest BCUT2D eigenvalue weighted by molar-refractivity contribution is -0.0108. The second-order valence-electron chi connectivity index (χ2n) is 4.78. The van der Waals surface area contributed by atoms with Crippen molar-refractivity contribution in [1.82, 2.24) is 10.2 Å². The minimum Gasteiger partial charge on any atom is -0.378 e. The normalized spacial score (nSPS) is 20.7. The number of ether oxygens (including phenoxy) is 1. The lowest BCUT2D eigenvalue weighted by Crippen LogP contribution is -2.49. The molecule has 1 unspecified atom stereocenters. The molecule has 0 aromatic heterocycles. The summed E-state index contributed by atoms with van der Waals surface area (Å²) >= 11 is 3.34. The topological polar surface area (TPSA) is 24.5 Å². The molecule has 106 valence electrons. The summed E-state index contributed by atoms with van der Waals surface area (Å²) in [5.74, 6) is -0.194. The number of nitrogens with one attached hydrogen (secondary N) is 1. The van der Waals surface area contributed by atoms with E-state index in [1.165, 1.54) is 6.07 Å². The third kappa shape index (κ3) is 4.53. The van der Waals surface area contributed by atoms with Crippen LogP contribution >= 0.6 is 15.9 Å². The molecule has 0 aliphatic carbocycles. The van der Waals surface area contributed by atoms with Crippen LogP contribution in [-0.4, -0.2) is 43.8 Å². The summed E-state index contributed by atoms with van der Waals surface area (Å²) in [5, 5.41) is 3.35. The summed E-state index contributed by atoms with van der Waals surface area (Å²) in [6.07, 6.45) is 0. The van der Waals surface area contributed by atoms with Gasteiger partial charge in [-0.15, -0.1) is 0 Å². The monoisotopic (exact) mass is 330 g/mol. The van der Waals surface area contributed by atoms with Crippen LogP contribution in [0.4, 0.5) is 4.39 Å². The van der Waals surface area contributed by atoms with Gasteiger partial charge < -0.3 is 10.1 Å². The standard InChI is InChI=1S/C14H20BrFN2O/c1-2-17-8-14-10-19-4-3-18(14)9-11-5-12(15)7-13(16)6-11/h5-7,14,17H,2-4,8-10H2,1H3. The molecule has 0 amide bonds. The largest absolute Gasteiger partial charge is 0.378 e. The number of hydrogen-bond acceptors (Lipinski definition) is 3.